The van der Waals surface area contributed by atoms with Crippen LogP contribution in [0, 0.1) is 11.6 Å². The van der Waals surface area contributed by atoms with Gasteiger partial charge in [0.1, 0.15) is 11.6 Å². The van der Waals surface area contributed by atoms with E-state index in [0.29, 0.717) is 22.4 Å². The summed E-state index contributed by atoms with van der Waals surface area (Å²) in [6.45, 7) is 0.390. The molecule has 0 spiro atoms. The van der Waals surface area contributed by atoms with Gasteiger partial charge in [0.25, 0.3) is 0 Å². The lowest BCUT2D eigenvalue weighted by Gasteiger charge is -2.11. The summed E-state index contributed by atoms with van der Waals surface area (Å²) < 4.78 is 28.4. The summed E-state index contributed by atoms with van der Waals surface area (Å²) in [5.74, 6) is -0.871. The Morgan fingerprint density at radius 3 is 2.53 bits per heavy atom. The molecule has 0 atom stereocenters. The lowest BCUT2D eigenvalue weighted by molar-refractivity contribution is -0.113. The first-order valence-electron chi connectivity index (χ1n) is 9.07. The van der Waals surface area contributed by atoms with Crippen molar-refractivity contribution >= 4 is 46.0 Å². The minimum absolute atomic E-state index is 0.123. The van der Waals surface area contributed by atoms with Crippen LogP contribution < -0.4 is 5.32 Å². The van der Waals surface area contributed by atoms with Crippen LogP contribution in [-0.4, -0.2) is 21.2 Å². The number of nitrogens with one attached hydrogen (secondary N) is 1. The first-order valence-corrected chi connectivity index (χ1v) is 10.4. The number of halogens is 3. The zero-order chi connectivity index (χ0) is 21.1. The minimum Gasteiger partial charge on any atom is -0.325 e. The fourth-order valence-electron chi connectivity index (χ4n) is 3.00. The van der Waals surface area contributed by atoms with Crippen molar-refractivity contribution in [3.8, 4) is 0 Å². The van der Waals surface area contributed by atoms with Gasteiger partial charge in [-0.2, -0.15) is 0 Å². The van der Waals surface area contributed by atoms with Crippen LogP contribution in [0.25, 0.3) is 11.0 Å². The van der Waals surface area contributed by atoms with Crippen molar-refractivity contribution in [1.29, 1.82) is 0 Å². The number of benzene rings is 3. The van der Waals surface area contributed by atoms with E-state index in [4.69, 9.17) is 11.6 Å². The summed E-state index contributed by atoms with van der Waals surface area (Å²) in [7, 11) is 0. The Balaban J connectivity index is 1.55. The number of hydrogen-bond donors (Lipinski definition) is 1. The first kappa shape index (κ1) is 20.4. The van der Waals surface area contributed by atoms with Gasteiger partial charge < -0.3 is 9.88 Å². The number of imidazole rings is 1. The summed E-state index contributed by atoms with van der Waals surface area (Å²) in [5, 5.41) is 3.71. The number of rotatable bonds is 6. The van der Waals surface area contributed by atoms with Gasteiger partial charge in [0.2, 0.25) is 5.91 Å². The van der Waals surface area contributed by atoms with E-state index in [-0.39, 0.29) is 17.5 Å². The molecule has 0 aliphatic heterocycles. The summed E-state index contributed by atoms with van der Waals surface area (Å²) in [5.41, 5.74) is 2.95. The van der Waals surface area contributed by atoms with Crippen LogP contribution in [-0.2, 0) is 11.3 Å². The second-order valence-electron chi connectivity index (χ2n) is 6.55. The van der Waals surface area contributed by atoms with E-state index in [1.165, 1.54) is 48.2 Å². The standard InChI is InChI=1S/C22H16ClF2N3OS/c23-18-11-16(25)6-5-14(18)12-28-20-4-2-1-3-19(20)27-22(28)30-13-21(29)26-17-9-7-15(24)8-10-17/h1-11H,12-13H2,(H,26,29). The average Bonchev–Trinajstić information content (AvgIpc) is 3.08. The molecule has 4 aromatic rings. The molecule has 0 saturated heterocycles. The van der Waals surface area contributed by atoms with E-state index in [0.717, 1.165) is 16.6 Å². The molecule has 0 radical (unpaired) electrons. The van der Waals surface area contributed by atoms with Crippen molar-refractivity contribution in [2.45, 2.75) is 11.7 Å². The molecular weight excluding hydrogens is 428 g/mol. The summed E-state index contributed by atoms with van der Waals surface area (Å²) in [6, 6.07) is 17.5. The zero-order valence-corrected chi connectivity index (χ0v) is 17.2. The number of anilines is 1. The normalized spacial score (nSPS) is 11.0. The second-order valence-corrected chi connectivity index (χ2v) is 7.90. The molecule has 152 valence electrons. The number of nitrogens with zero attached hydrogens (tertiary/aromatic N) is 2. The van der Waals surface area contributed by atoms with Crippen molar-refractivity contribution < 1.29 is 13.6 Å². The molecule has 0 aliphatic rings. The van der Waals surface area contributed by atoms with Crippen LogP contribution in [0.2, 0.25) is 5.02 Å². The quantitative estimate of drug-likeness (QED) is 0.386. The predicted octanol–water partition coefficient (Wildman–Crippen LogP) is 5.75. The Kier molecular flexibility index (Phi) is 6.01. The third kappa shape index (κ3) is 4.63. The second kappa shape index (κ2) is 8.85. The van der Waals surface area contributed by atoms with Crippen LogP contribution in [0.5, 0.6) is 0 Å². The highest BCUT2D eigenvalue weighted by Gasteiger charge is 2.15. The monoisotopic (exact) mass is 443 g/mol. The lowest BCUT2D eigenvalue weighted by Crippen LogP contribution is -2.14. The number of fused-ring (bicyclic) bond motifs is 1. The smallest absolute Gasteiger partial charge is 0.234 e. The van der Waals surface area contributed by atoms with Gasteiger partial charge in [0.15, 0.2) is 5.16 Å². The molecule has 8 heteroatoms. The number of aromatic nitrogens is 2. The molecule has 3 aromatic carbocycles. The number of carbonyl (C=O) groups excluding carboxylic acids is 1. The summed E-state index contributed by atoms with van der Waals surface area (Å²) >= 11 is 7.49. The Hall–Kier alpha value is -2.90. The number of thioether (sulfide) groups is 1. The van der Waals surface area contributed by atoms with Crippen molar-refractivity contribution in [2.24, 2.45) is 0 Å². The van der Waals surface area contributed by atoms with Gasteiger partial charge in [0, 0.05) is 10.7 Å². The van der Waals surface area contributed by atoms with Crippen LogP contribution in [0.1, 0.15) is 5.56 Å². The molecule has 0 saturated carbocycles. The summed E-state index contributed by atoms with van der Waals surface area (Å²) in [4.78, 5) is 16.9. The molecule has 1 aromatic heterocycles. The van der Waals surface area contributed by atoms with Crippen molar-refractivity contribution in [3.63, 3.8) is 0 Å². The summed E-state index contributed by atoms with van der Waals surface area (Å²) in [6.07, 6.45) is 0. The molecule has 1 amide bonds. The van der Waals surface area contributed by atoms with Crippen molar-refractivity contribution in [2.75, 3.05) is 11.1 Å². The van der Waals surface area contributed by atoms with Gasteiger partial charge in [-0.25, -0.2) is 13.8 Å². The third-order valence-corrected chi connectivity index (χ3v) is 5.75. The Morgan fingerprint density at radius 2 is 1.77 bits per heavy atom. The highest BCUT2D eigenvalue weighted by atomic mass is 35.5. The molecule has 1 heterocycles. The van der Waals surface area contributed by atoms with Gasteiger partial charge in [0.05, 0.1) is 23.3 Å². The van der Waals surface area contributed by atoms with E-state index < -0.39 is 5.82 Å². The Labute approximate surface area is 180 Å². The fourth-order valence-corrected chi connectivity index (χ4v) is 4.04. The average molecular weight is 444 g/mol. The van der Waals surface area contributed by atoms with Gasteiger partial charge in [-0.15, -0.1) is 0 Å². The topological polar surface area (TPSA) is 46.9 Å². The van der Waals surface area contributed by atoms with Gasteiger partial charge >= 0.3 is 0 Å². The molecular formula is C22H16ClF2N3OS. The Bertz CT molecular complexity index is 1210. The fraction of sp³-hybridized carbons (Fsp3) is 0.0909. The van der Waals surface area contributed by atoms with E-state index in [2.05, 4.69) is 10.3 Å². The molecule has 0 fully saturated rings. The SMILES string of the molecule is O=C(CSc1nc2ccccc2n1Cc1ccc(F)cc1Cl)Nc1ccc(F)cc1. The van der Waals surface area contributed by atoms with E-state index in [9.17, 15) is 13.6 Å². The maximum Gasteiger partial charge on any atom is 0.234 e. The molecule has 0 unspecified atom stereocenters. The van der Waals surface area contributed by atoms with Crippen LogP contribution in [0.3, 0.4) is 0 Å². The van der Waals surface area contributed by atoms with E-state index in [1.807, 2.05) is 28.8 Å². The number of carbonyl (C=O) groups is 1. The van der Waals surface area contributed by atoms with Gasteiger partial charge in [-0.3, -0.25) is 4.79 Å². The molecule has 1 N–H and O–H groups in total. The van der Waals surface area contributed by atoms with Crippen LogP contribution in [0.15, 0.2) is 71.9 Å². The Morgan fingerprint density at radius 1 is 1.03 bits per heavy atom. The number of amides is 1. The van der Waals surface area contributed by atoms with Crippen molar-refractivity contribution in [1.82, 2.24) is 9.55 Å². The number of hydrogen-bond acceptors (Lipinski definition) is 3. The molecule has 0 aliphatic carbocycles. The largest absolute Gasteiger partial charge is 0.325 e. The van der Waals surface area contributed by atoms with Gasteiger partial charge in [-0.1, -0.05) is 41.6 Å². The predicted molar refractivity (Wildman–Crippen MR) is 116 cm³/mol. The van der Waals surface area contributed by atoms with E-state index in [1.54, 1.807) is 6.07 Å². The molecule has 0 bridgehead atoms. The molecule has 4 rings (SSSR count). The van der Waals surface area contributed by atoms with Gasteiger partial charge in [-0.05, 0) is 54.1 Å². The number of para-hydroxylation sites is 2. The third-order valence-electron chi connectivity index (χ3n) is 4.42. The zero-order valence-electron chi connectivity index (χ0n) is 15.6. The maximum absolute atomic E-state index is 13.4. The minimum atomic E-state index is -0.397. The first-order chi connectivity index (χ1) is 14.5. The molecule has 30 heavy (non-hydrogen) atoms. The van der Waals surface area contributed by atoms with E-state index >= 15 is 0 Å². The molecule has 4 nitrogen and oxygen atoms in total. The van der Waals surface area contributed by atoms with Crippen LogP contribution in [0.4, 0.5) is 14.5 Å². The maximum atomic E-state index is 13.4. The van der Waals surface area contributed by atoms with Crippen molar-refractivity contribution in [3.05, 3.63) is 89.0 Å². The lowest BCUT2D eigenvalue weighted by atomic mass is 10.2. The highest BCUT2D eigenvalue weighted by molar-refractivity contribution is 7.99. The van der Waals surface area contributed by atoms with Crippen LogP contribution >= 0.6 is 23.4 Å². The highest BCUT2D eigenvalue weighted by Crippen LogP contribution is 2.27.